The van der Waals surface area contributed by atoms with Gasteiger partial charge in [0.05, 0.1) is 0 Å². The Labute approximate surface area is 96.9 Å². The summed E-state index contributed by atoms with van der Waals surface area (Å²) in [4.78, 5) is 7.22. The van der Waals surface area contributed by atoms with Gasteiger partial charge in [-0.1, -0.05) is 13.0 Å². The second-order valence-corrected chi connectivity index (χ2v) is 4.81. The van der Waals surface area contributed by atoms with Crippen molar-refractivity contribution in [3.63, 3.8) is 0 Å². The fraction of sp³-hybridized carbons (Fsp3) is 0.615. The summed E-state index contributed by atoms with van der Waals surface area (Å²) in [5, 5.41) is 3.48. The van der Waals surface area contributed by atoms with Crippen LogP contribution in [0.25, 0.3) is 0 Å². The zero-order chi connectivity index (χ0) is 11.0. The topological polar surface area (TPSA) is 28.2 Å². The Morgan fingerprint density at radius 3 is 3.25 bits per heavy atom. The number of nitrogens with zero attached hydrogens (tertiary/aromatic N) is 2. The lowest BCUT2D eigenvalue weighted by atomic mass is 10.1. The maximum atomic E-state index is 4.73. The van der Waals surface area contributed by atoms with Crippen molar-refractivity contribution in [1.82, 2.24) is 10.3 Å². The van der Waals surface area contributed by atoms with Gasteiger partial charge < -0.3 is 10.2 Å². The van der Waals surface area contributed by atoms with Gasteiger partial charge >= 0.3 is 0 Å². The van der Waals surface area contributed by atoms with E-state index in [0.717, 1.165) is 18.9 Å². The minimum absolute atomic E-state index is 0.680. The number of aromatic nitrogens is 1. The largest absolute Gasteiger partial charge is 0.352 e. The SMILES string of the molecule is CCc1cccc(N2CC[C@H]3CNC[C@H]32)n1. The molecule has 86 valence electrons. The van der Waals surface area contributed by atoms with Gasteiger partial charge in [0, 0.05) is 31.4 Å². The number of hydrogen-bond acceptors (Lipinski definition) is 3. The molecule has 0 unspecified atom stereocenters. The van der Waals surface area contributed by atoms with Gasteiger partial charge in [-0.3, -0.25) is 0 Å². The maximum Gasteiger partial charge on any atom is 0.129 e. The first-order chi connectivity index (χ1) is 7.88. The van der Waals surface area contributed by atoms with Crippen molar-refractivity contribution in [2.45, 2.75) is 25.8 Å². The average Bonchev–Trinajstić information content (AvgIpc) is 2.90. The quantitative estimate of drug-likeness (QED) is 0.812. The minimum atomic E-state index is 0.680. The van der Waals surface area contributed by atoms with Crippen LogP contribution in [0.1, 0.15) is 19.0 Å². The molecule has 3 heteroatoms. The van der Waals surface area contributed by atoms with Gasteiger partial charge in [0.1, 0.15) is 5.82 Å². The molecule has 2 fully saturated rings. The normalized spacial score (nSPS) is 28.4. The highest BCUT2D eigenvalue weighted by Crippen LogP contribution is 2.30. The molecule has 3 nitrogen and oxygen atoms in total. The Kier molecular flexibility index (Phi) is 2.56. The number of fused-ring (bicyclic) bond motifs is 1. The highest BCUT2D eigenvalue weighted by Gasteiger charge is 2.37. The highest BCUT2D eigenvalue weighted by atomic mass is 15.3. The molecular weight excluding hydrogens is 198 g/mol. The number of aryl methyl sites for hydroxylation is 1. The standard InChI is InChI=1S/C13H19N3/c1-2-11-4-3-5-13(15-11)16-7-6-10-8-14-9-12(10)16/h3-5,10,12,14H,2,6-9H2,1H3/t10-,12+/m0/s1. The Morgan fingerprint density at radius 2 is 2.38 bits per heavy atom. The van der Waals surface area contributed by atoms with E-state index in [2.05, 4.69) is 35.3 Å². The zero-order valence-corrected chi connectivity index (χ0v) is 9.82. The third-order valence-electron chi connectivity index (χ3n) is 3.89. The van der Waals surface area contributed by atoms with Crippen molar-refractivity contribution in [2.75, 3.05) is 24.5 Å². The van der Waals surface area contributed by atoms with E-state index in [0.29, 0.717) is 6.04 Å². The van der Waals surface area contributed by atoms with Crippen LogP contribution in [-0.2, 0) is 6.42 Å². The highest BCUT2D eigenvalue weighted by molar-refractivity contribution is 5.43. The molecule has 0 bridgehead atoms. The van der Waals surface area contributed by atoms with Crippen LogP contribution in [-0.4, -0.2) is 30.7 Å². The first-order valence-corrected chi connectivity index (χ1v) is 6.32. The summed E-state index contributed by atoms with van der Waals surface area (Å²) in [5.74, 6) is 2.02. The molecule has 3 heterocycles. The monoisotopic (exact) mass is 217 g/mol. The molecule has 1 N–H and O–H groups in total. The molecule has 0 spiro atoms. The number of hydrogen-bond donors (Lipinski definition) is 1. The smallest absolute Gasteiger partial charge is 0.129 e. The van der Waals surface area contributed by atoms with Gasteiger partial charge in [0.2, 0.25) is 0 Å². The first kappa shape index (κ1) is 10.1. The van der Waals surface area contributed by atoms with E-state index in [1.807, 2.05) is 0 Å². The Balaban J connectivity index is 1.86. The fourth-order valence-corrected chi connectivity index (χ4v) is 2.96. The summed E-state index contributed by atoms with van der Waals surface area (Å²) in [6, 6.07) is 7.08. The van der Waals surface area contributed by atoms with Gasteiger partial charge in [0.25, 0.3) is 0 Å². The molecule has 3 rings (SSSR count). The molecule has 16 heavy (non-hydrogen) atoms. The number of rotatable bonds is 2. The van der Waals surface area contributed by atoms with Crippen LogP contribution in [0.5, 0.6) is 0 Å². The second-order valence-electron chi connectivity index (χ2n) is 4.81. The van der Waals surface area contributed by atoms with Crippen LogP contribution < -0.4 is 10.2 Å². The van der Waals surface area contributed by atoms with E-state index in [-0.39, 0.29) is 0 Å². The van der Waals surface area contributed by atoms with Crippen LogP contribution in [0.4, 0.5) is 5.82 Å². The van der Waals surface area contributed by atoms with Crippen molar-refractivity contribution in [1.29, 1.82) is 0 Å². The lowest BCUT2D eigenvalue weighted by molar-refractivity contribution is 0.577. The lowest BCUT2D eigenvalue weighted by Gasteiger charge is -2.24. The van der Waals surface area contributed by atoms with Crippen LogP contribution in [0.2, 0.25) is 0 Å². The Hall–Kier alpha value is -1.09. The summed E-state index contributed by atoms with van der Waals surface area (Å²) >= 11 is 0. The predicted octanol–water partition coefficient (Wildman–Crippen LogP) is 1.44. The zero-order valence-electron chi connectivity index (χ0n) is 9.82. The van der Waals surface area contributed by atoms with Crippen molar-refractivity contribution >= 4 is 5.82 Å². The van der Waals surface area contributed by atoms with Gasteiger partial charge in [-0.2, -0.15) is 0 Å². The summed E-state index contributed by atoms with van der Waals surface area (Å²) in [7, 11) is 0. The van der Waals surface area contributed by atoms with E-state index in [9.17, 15) is 0 Å². The second kappa shape index (κ2) is 4.06. The first-order valence-electron chi connectivity index (χ1n) is 6.32. The van der Waals surface area contributed by atoms with E-state index in [1.165, 1.54) is 31.0 Å². The van der Waals surface area contributed by atoms with Crippen LogP contribution >= 0.6 is 0 Å². The Bertz CT molecular complexity index is 377. The number of pyridine rings is 1. The molecule has 2 aliphatic heterocycles. The third kappa shape index (κ3) is 1.59. The maximum absolute atomic E-state index is 4.73. The number of anilines is 1. The summed E-state index contributed by atoms with van der Waals surface area (Å²) in [6.07, 6.45) is 2.34. The van der Waals surface area contributed by atoms with Crippen molar-refractivity contribution in [2.24, 2.45) is 5.92 Å². The summed E-state index contributed by atoms with van der Waals surface area (Å²) in [6.45, 7) is 5.66. The van der Waals surface area contributed by atoms with Gasteiger partial charge in [-0.25, -0.2) is 4.98 Å². The van der Waals surface area contributed by atoms with Crippen molar-refractivity contribution in [3.8, 4) is 0 Å². The molecule has 0 amide bonds. The lowest BCUT2D eigenvalue weighted by Crippen LogP contribution is -2.34. The van der Waals surface area contributed by atoms with Crippen molar-refractivity contribution < 1.29 is 0 Å². The van der Waals surface area contributed by atoms with Crippen LogP contribution in [0, 0.1) is 5.92 Å². The number of nitrogens with one attached hydrogen (secondary N) is 1. The molecule has 2 atom stereocenters. The molecule has 0 aliphatic carbocycles. The Morgan fingerprint density at radius 1 is 1.44 bits per heavy atom. The average molecular weight is 217 g/mol. The molecular formula is C13H19N3. The third-order valence-corrected chi connectivity index (χ3v) is 3.89. The minimum Gasteiger partial charge on any atom is -0.352 e. The molecule has 1 aromatic heterocycles. The fourth-order valence-electron chi connectivity index (χ4n) is 2.96. The van der Waals surface area contributed by atoms with Gasteiger partial charge in [-0.05, 0) is 30.9 Å². The summed E-state index contributed by atoms with van der Waals surface area (Å²) in [5.41, 5.74) is 1.20. The van der Waals surface area contributed by atoms with E-state index >= 15 is 0 Å². The molecule has 2 aliphatic rings. The molecule has 1 aromatic rings. The van der Waals surface area contributed by atoms with Crippen LogP contribution in [0.3, 0.4) is 0 Å². The van der Waals surface area contributed by atoms with Gasteiger partial charge in [0.15, 0.2) is 0 Å². The van der Waals surface area contributed by atoms with Crippen LogP contribution in [0.15, 0.2) is 18.2 Å². The van der Waals surface area contributed by atoms with E-state index < -0.39 is 0 Å². The molecule has 0 radical (unpaired) electrons. The van der Waals surface area contributed by atoms with E-state index in [4.69, 9.17) is 4.98 Å². The predicted molar refractivity (Wildman–Crippen MR) is 65.7 cm³/mol. The molecule has 0 aromatic carbocycles. The van der Waals surface area contributed by atoms with E-state index in [1.54, 1.807) is 0 Å². The summed E-state index contributed by atoms with van der Waals surface area (Å²) < 4.78 is 0. The van der Waals surface area contributed by atoms with Crippen molar-refractivity contribution in [3.05, 3.63) is 23.9 Å². The molecule has 2 saturated heterocycles. The molecule has 0 saturated carbocycles. The van der Waals surface area contributed by atoms with Gasteiger partial charge in [-0.15, -0.1) is 0 Å².